The first-order valence-electron chi connectivity index (χ1n) is 19.1. The first-order chi connectivity index (χ1) is 27.4. The molecule has 0 radical (unpaired) electrons. The van der Waals surface area contributed by atoms with Crippen LogP contribution in [0, 0.1) is 0 Å². The molecule has 0 aromatic heterocycles. The van der Waals surface area contributed by atoms with Gasteiger partial charge in [-0.25, -0.2) is 0 Å². The lowest BCUT2D eigenvalue weighted by atomic mass is 9.78. The van der Waals surface area contributed by atoms with Gasteiger partial charge in [-0.05, 0) is 102 Å². The second kappa shape index (κ2) is 17.7. The summed E-state index contributed by atoms with van der Waals surface area (Å²) in [6.07, 6.45) is 0. The Morgan fingerprint density at radius 2 is 0.897 bits per heavy atom. The Balaban J connectivity index is 1.04. The van der Waals surface area contributed by atoms with E-state index in [1.165, 1.54) is 0 Å². The molecule has 16 heteroatoms. The SMILES string of the molecule is CC1(C)OB(c2ccc(C(=O)NCO[P+](=O)OCNC(=O)c3ccc(B4OC(C)(C)C(C)(C)O4)cc3OCc3ccccc3)c(OCc3ccccc3)c2)OC1(C)C. The minimum atomic E-state index is -2.74. The van der Waals surface area contributed by atoms with E-state index in [4.69, 9.17) is 37.1 Å². The van der Waals surface area contributed by atoms with Crippen LogP contribution in [0.4, 0.5) is 0 Å². The minimum Gasteiger partial charge on any atom is -0.488 e. The largest absolute Gasteiger partial charge is 0.701 e. The number of hydrogen-bond acceptors (Lipinski definition) is 11. The lowest BCUT2D eigenvalue weighted by Crippen LogP contribution is -2.41. The predicted octanol–water partition coefficient (Wildman–Crippen LogP) is 6.21. The van der Waals surface area contributed by atoms with Gasteiger partial charge in [0, 0.05) is 4.57 Å². The summed E-state index contributed by atoms with van der Waals surface area (Å²) >= 11 is 0. The van der Waals surface area contributed by atoms with Gasteiger partial charge >= 0.3 is 22.5 Å². The van der Waals surface area contributed by atoms with Gasteiger partial charge in [-0.15, -0.1) is 0 Å². The summed E-state index contributed by atoms with van der Waals surface area (Å²) in [6.45, 7) is 15.2. The zero-order chi connectivity index (χ0) is 41.7. The molecule has 2 N–H and O–H groups in total. The average molecular weight is 811 g/mol. The molecule has 2 aliphatic rings. The van der Waals surface area contributed by atoms with Gasteiger partial charge in [0.05, 0.1) is 33.5 Å². The lowest BCUT2D eigenvalue weighted by molar-refractivity contribution is 0.00578. The number of amides is 2. The molecule has 4 aromatic rings. The highest BCUT2D eigenvalue weighted by Crippen LogP contribution is 2.38. The Morgan fingerprint density at radius 3 is 1.24 bits per heavy atom. The molecule has 2 saturated heterocycles. The van der Waals surface area contributed by atoms with Crippen molar-refractivity contribution in [2.24, 2.45) is 0 Å². The average Bonchev–Trinajstić information content (AvgIpc) is 3.55. The molecule has 0 bridgehead atoms. The number of nitrogens with one attached hydrogen (secondary N) is 2. The summed E-state index contributed by atoms with van der Waals surface area (Å²) in [5, 5.41) is 5.18. The maximum absolute atomic E-state index is 13.4. The van der Waals surface area contributed by atoms with Crippen molar-refractivity contribution in [1.29, 1.82) is 0 Å². The summed E-state index contributed by atoms with van der Waals surface area (Å²) in [5.41, 5.74) is 1.41. The number of hydrogen-bond donors (Lipinski definition) is 2. The van der Waals surface area contributed by atoms with Gasteiger partial charge in [-0.2, -0.15) is 0 Å². The molecule has 0 unspecified atom stereocenters. The Morgan fingerprint density at radius 1 is 0.552 bits per heavy atom. The molecule has 6 rings (SSSR count). The Labute approximate surface area is 341 Å². The van der Waals surface area contributed by atoms with E-state index in [1.54, 1.807) is 36.4 Å². The molecule has 4 aromatic carbocycles. The number of carbonyl (C=O) groups excluding carboxylic acids is 2. The van der Waals surface area contributed by atoms with E-state index in [0.29, 0.717) is 22.4 Å². The van der Waals surface area contributed by atoms with Crippen molar-refractivity contribution in [2.45, 2.75) is 91.0 Å². The van der Waals surface area contributed by atoms with Crippen LogP contribution >= 0.6 is 8.25 Å². The molecule has 58 heavy (non-hydrogen) atoms. The van der Waals surface area contributed by atoms with Crippen LogP contribution in [0.1, 0.15) is 87.2 Å². The fourth-order valence-electron chi connectivity index (χ4n) is 5.94. The number of ether oxygens (including phenoxy) is 2. The summed E-state index contributed by atoms with van der Waals surface area (Å²) in [6, 6.07) is 29.2. The first-order valence-corrected chi connectivity index (χ1v) is 20.2. The van der Waals surface area contributed by atoms with Crippen molar-refractivity contribution in [3.8, 4) is 11.5 Å². The van der Waals surface area contributed by atoms with Gasteiger partial charge < -0.3 is 38.7 Å². The molecular weight excluding hydrogens is 761 g/mol. The van der Waals surface area contributed by atoms with Gasteiger partial charge in [0.2, 0.25) is 0 Å². The summed E-state index contributed by atoms with van der Waals surface area (Å²) < 4.78 is 60.2. The number of carbonyl (C=O) groups is 2. The van der Waals surface area contributed by atoms with E-state index < -0.39 is 70.2 Å². The summed E-state index contributed by atoms with van der Waals surface area (Å²) in [4.78, 5) is 26.7. The van der Waals surface area contributed by atoms with Crippen molar-refractivity contribution < 1.29 is 51.3 Å². The van der Waals surface area contributed by atoms with Crippen LogP contribution in [0.5, 0.6) is 11.5 Å². The molecule has 0 saturated carbocycles. The van der Waals surface area contributed by atoms with Crippen molar-refractivity contribution in [3.63, 3.8) is 0 Å². The maximum Gasteiger partial charge on any atom is 0.701 e. The normalized spacial score (nSPS) is 17.4. The highest BCUT2D eigenvalue weighted by atomic mass is 31.1. The van der Waals surface area contributed by atoms with Crippen molar-refractivity contribution in [3.05, 3.63) is 119 Å². The monoisotopic (exact) mass is 811 g/mol. The first kappa shape index (κ1) is 43.0. The third-order valence-electron chi connectivity index (χ3n) is 10.8. The topological polar surface area (TPSA) is 149 Å². The Kier molecular flexibility index (Phi) is 13.1. The van der Waals surface area contributed by atoms with E-state index in [-0.39, 0.29) is 24.3 Å². The van der Waals surface area contributed by atoms with Gasteiger partial charge in [0.25, 0.3) is 11.8 Å². The zero-order valence-corrected chi connectivity index (χ0v) is 35.1. The van der Waals surface area contributed by atoms with Crippen LogP contribution < -0.4 is 31.0 Å². The molecule has 2 amide bonds. The molecule has 0 aliphatic carbocycles. The Bertz CT molecular complexity index is 1920. The molecule has 0 atom stereocenters. The van der Waals surface area contributed by atoms with Crippen LogP contribution in [0.15, 0.2) is 97.1 Å². The molecule has 0 spiro atoms. The fraction of sp³-hybridized carbons (Fsp3) is 0.381. The smallest absolute Gasteiger partial charge is 0.488 e. The molecule has 2 aliphatic heterocycles. The summed E-state index contributed by atoms with van der Waals surface area (Å²) in [7, 11) is -4.07. The maximum atomic E-state index is 13.4. The predicted molar refractivity (Wildman–Crippen MR) is 220 cm³/mol. The Hall–Kier alpha value is -4.59. The van der Waals surface area contributed by atoms with Crippen molar-refractivity contribution in [2.75, 3.05) is 13.5 Å². The van der Waals surface area contributed by atoms with Crippen LogP contribution in [0.2, 0.25) is 0 Å². The van der Waals surface area contributed by atoms with Gasteiger partial charge in [-0.1, -0.05) is 81.8 Å². The third-order valence-corrected chi connectivity index (χ3v) is 11.5. The highest BCUT2D eigenvalue weighted by Gasteiger charge is 2.53. The van der Waals surface area contributed by atoms with Gasteiger partial charge in [0.1, 0.15) is 24.7 Å². The van der Waals surface area contributed by atoms with Crippen LogP contribution in [-0.2, 0) is 45.4 Å². The van der Waals surface area contributed by atoms with Gasteiger partial charge in [0.15, 0.2) is 13.5 Å². The van der Waals surface area contributed by atoms with E-state index >= 15 is 0 Å². The zero-order valence-electron chi connectivity index (χ0n) is 34.2. The van der Waals surface area contributed by atoms with Crippen LogP contribution in [0.25, 0.3) is 0 Å². The minimum absolute atomic E-state index is 0.209. The summed E-state index contributed by atoms with van der Waals surface area (Å²) in [5.74, 6) is -0.472. The van der Waals surface area contributed by atoms with E-state index in [2.05, 4.69) is 10.6 Å². The molecule has 13 nitrogen and oxygen atoms in total. The van der Waals surface area contributed by atoms with E-state index in [0.717, 1.165) is 11.1 Å². The standard InChI is InChI=1S/C42H49B2N2O11P/c1-39(2)40(3,4)55-43(54-39)31-19-21-33(35(23-31)50-25-29-15-11-9-12-16-29)37(47)45-27-52-58(49)53-28-46-38(48)34-22-20-32(44-56-41(5,6)42(7,8)57-44)24-36(34)51-26-30-17-13-10-14-18-30/h9-24H,25-28H2,1-8H3,(H-,45,46,47,48)/p+1. The van der Waals surface area contributed by atoms with Crippen LogP contribution in [-0.4, -0.2) is 61.9 Å². The quantitative estimate of drug-likeness (QED) is 0.0756. The number of benzene rings is 4. The van der Waals surface area contributed by atoms with E-state index in [9.17, 15) is 14.2 Å². The highest BCUT2D eigenvalue weighted by molar-refractivity contribution is 7.33. The molecule has 2 heterocycles. The van der Waals surface area contributed by atoms with Crippen LogP contribution in [0.3, 0.4) is 0 Å². The fourth-order valence-corrected chi connectivity index (χ4v) is 6.36. The third kappa shape index (κ3) is 10.2. The second-order valence-electron chi connectivity index (χ2n) is 16.0. The molecule has 2 fully saturated rings. The number of rotatable bonds is 16. The van der Waals surface area contributed by atoms with E-state index in [1.807, 2.05) is 116 Å². The molecular formula is C42H50B2N2O11P+. The van der Waals surface area contributed by atoms with Crippen molar-refractivity contribution >= 4 is 45.2 Å². The molecule has 304 valence electrons. The lowest BCUT2D eigenvalue weighted by Gasteiger charge is -2.32. The van der Waals surface area contributed by atoms with Crippen molar-refractivity contribution in [1.82, 2.24) is 10.6 Å². The second-order valence-corrected chi connectivity index (χ2v) is 17.0. The van der Waals surface area contributed by atoms with Gasteiger partial charge in [-0.3, -0.25) is 9.59 Å².